The van der Waals surface area contributed by atoms with Gasteiger partial charge in [-0.2, -0.15) is 9.64 Å². The third-order valence-electron chi connectivity index (χ3n) is 0.592. The first kappa shape index (κ1) is 5.54. The van der Waals surface area contributed by atoms with Crippen molar-refractivity contribution >= 4 is 23.1 Å². The molecule has 0 N–H and O–H groups in total. The van der Waals surface area contributed by atoms with Crippen LogP contribution in [-0.2, 0) is 0 Å². The molecule has 0 spiro atoms. The minimum atomic E-state index is 0.395. The molecule has 1 aromatic rings. The maximum atomic E-state index is 8.21. The summed E-state index contributed by atoms with van der Waals surface area (Å²) in [6.07, 6.45) is 0. The Labute approximate surface area is 55.5 Å². The number of nitriles is 1. The summed E-state index contributed by atoms with van der Waals surface area (Å²) in [6.45, 7) is 0. The Morgan fingerprint density at radius 1 is 1.88 bits per heavy atom. The largest absolute Gasteiger partial charge is 0.191 e. The van der Waals surface area contributed by atoms with Gasteiger partial charge >= 0.3 is 0 Å². The lowest BCUT2D eigenvalue weighted by molar-refractivity contribution is 1.52. The van der Waals surface area contributed by atoms with E-state index < -0.39 is 0 Å². The van der Waals surface area contributed by atoms with E-state index in [9.17, 15) is 0 Å². The van der Waals surface area contributed by atoms with E-state index in [0.717, 1.165) is 11.5 Å². The third-order valence-corrected chi connectivity index (χ3v) is 1.58. The Morgan fingerprint density at radius 2 is 2.62 bits per heavy atom. The fourth-order valence-electron chi connectivity index (χ4n) is 0.306. The highest BCUT2D eigenvalue weighted by molar-refractivity contribution is 7.06. The van der Waals surface area contributed by atoms with Gasteiger partial charge in [-0.15, -0.1) is 0 Å². The second-order valence-electron chi connectivity index (χ2n) is 1.13. The van der Waals surface area contributed by atoms with Crippen LogP contribution in [0.5, 0.6) is 0 Å². The molecule has 8 heavy (non-hydrogen) atoms. The molecule has 4 heteroatoms. The van der Waals surface area contributed by atoms with Crippen LogP contribution < -0.4 is 0 Å². The van der Waals surface area contributed by atoms with Gasteiger partial charge < -0.3 is 0 Å². The molecule has 0 aliphatic rings. The Balaban J connectivity index is 3.05. The van der Waals surface area contributed by atoms with Crippen LogP contribution in [0.4, 0.5) is 0 Å². The van der Waals surface area contributed by atoms with Crippen molar-refractivity contribution in [2.24, 2.45) is 0 Å². The molecule has 0 saturated heterocycles. The number of hydrogen-bond acceptors (Lipinski definition) is 3. The molecule has 1 heterocycles. The molecule has 0 radical (unpaired) electrons. The predicted molar refractivity (Wildman–Crippen MR) is 31.8 cm³/mol. The summed E-state index contributed by atoms with van der Waals surface area (Å²) in [6, 6.07) is 3.45. The fourth-order valence-corrected chi connectivity index (χ4v) is 1.03. The van der Waals surface area contributed by atoms with Crippen LogP contribution in [0.1, 0.15) is 4.88 Å². The Morgan fingerprint density at radius 3 is 2.88 bits per heavy atom. The van der Waals surface area contributed by atoms with Gasteiger partial charge in [0.15, 0.2) is 0 Å². The average molecular weight is 145 g/mol. The van der Waals surface area contributed by atoms with E-state index in [1.807, 2.05) is 6.07 Å². The van der Waals surface area contributed by atoms with E-state index >= 15 is 0 Å². The molecule has 0 amide bonds. The summed E-state index contributed by atoms with van der Waals surface area (Å²) >= 11 is 6.49. The zero-order valence-electron chi connectivity index (χ0n) is 3.76. The van der Waals surface area contributed by atoms with Crippen LogP contribution in [-0.4, -0.2) is 4.37 Å². The normalized spacial score (nSPS) is 8.50. The molecule has 0 fully saturated rings. The number of hydrogen-bond donors (Lipinski definition) is 0. The molecule has 1 rings (SSSR count). The van der Waals surface area contributed by atoms with E-state index in [2.05, 4.69) is 4.37 Å². The van der Waals surface area contributed by atoms with Crippen LogP contribution in [0.3, 0.4) is 0 Å². The van der Waals surface area contributed by atoms with Crippen LogP contribution in [0.15, 0.2) is 6.07 Å². The summed E-state index contributed by atoms with van der Waals surface area (Å²) in [5.74, 6) is 0. The van der Waals surface area contributed by atoms with Crippen LogP contribution in [0.2, 0.25) is 5.15 Å². The quantitative estimate of drug-likeness (QED) is 0.556. The summed E-state index contributed by atoms with van der Waals surface area (Å²) < 4.78 is 3.67. The van der Waals surface area contributed by atoms with E-state index in [1.54, 1.807) is 0 Å². The summed E-state index contributed by atoms with van der Waals surface area (Å²) in [5.41, 5.74) is 0. The van der Waals surface area contributed by atoms with E-state index in [1.165, 1.54) is 6.07 Å². The Kier molecular flexibility index (Phi) is 1.47. The van der Waals surface area contributed by atoms with Gasteiger partial charge in [0.2, 0.25) is 0 Å². The predicted octanol–water partition coefficient (Wildman–Crippen LogP) is 1.67. The lowest BCUT2D eigenvalue weighted by atomic mass is 10.5. The number of nitrogens with zero attached hydrogens (tertiary/aromatic N) is 2. The van der Waals surface area contributed by atoms with E-state index in [4.69, 9.17) is 16.9 Å². The van der Waals surface area contributed by atoms with Crippen LogP contribution >= 0.6 is 23.1 Å². The highest BCUT2D eigenvalue weighted by atomic mass is 35.5. The van der Waals surface area contributed by atoms with Crippen molar-refractivity contribution in [1.82, 2.24) is 4.37 Å². The highest BCUT2D eigenvalue weighted by Crippen LogP contribution is 2.11. The first-order valence-electron chi connectivity index (χ1n) is 1.85. The van der Waals surface area contributed by atoms with E-state index in [0.29, 0.717) is 10.0 Å². The number of rotatable bonds is 0. The second kappa shape index (κ2) is 2.12. The van der Waals surface area contributed by atoms with Gasteiger partial charge in [0, 0.05) is 6.07 Å². The highest BCUT2D eigenvalue weighted by Gasteiger charge is 1.94. The smallest absolute Gasteiger partial charge is 0.144 e. The molecular weight excluding hydrogens is 144 g/mol. The molecule has 0 atom stereocenters. The molecule has 0 saturated carbocycles. The summed E-state index contributed by atoms with van der Waals surface area (Å²) in [4.78, 5) is 0.551. The first-order chi connectivity index (χ1) is 3.83. The maximum absolute atomic E-state index is 8.21. The second-order valence-corrected chi connectivity index (χ2v) is 2.32. The lowest BCUT2D eigenvalue weighted by Gasteiger charge is -1.62. The number of aromatic nitrogens is 1. The topological polar surface area (TPSA) is 36.7 Å². The first-order valence-corrected chi connectivity index (χ1v) is 3.00. The van der Waals surface area contributed by atoms with Gasteiger partial charge in [0.25, 0.3) is 0 Å². The fraction of sp³-hybridized carbons (Fsp3) is 0. The zero-order valence-corrected chi connectivity index (χ0v) is 5.33. The van der Waals surface area contributed by atoms with Crippen LogP contribution in [0.25, 0.3) is 0 Å². The number of halogens is 1. The molecule has 0 aliphatic heterocycles. The molecule has 0 bridgehead atoms. The van der Waals surface area contributed by atoms with Crippen LogP contribution in [0, 0.1) is 11.3 Å². The molecule has 40 valence electrons. The van der Waals surface area contributed by atoms with E-state index in [-0.39, 0.29) is 0 Å². The summed E-state index contributed by atoms with van der Waals surface area (Å²) in [5, 5.41) is 8.61. The molecule has 2 nitrogen and oxygen atoms in total. The zero-order chi connectivity index (χ0) is 5.98. The monoisotopic (exact) mass is 144 g/mol. The van der Waals surface area contributed by atoms with Crippen molar-refractivity contribution in [3.8, 4) is 6.07 Å². The minimum Gasteiger partial charge on any atom is -0.191 e. The molecule has 0 aliphatic carbocycles. The molecular formula is C4HClN2S. The Hall–Kier alpha value is -0.590. The third kappa shape index (κ3) is 0.971. The van der Waals surface area contributed by atoms with Gasteiger partial charge in [-0.3, -0.25) is 0 Å². The van der Waals surface area contributed by atoms with Gasteiger partial charge in [-0.05, 0) is 11.5 Å². The van der Waals surface area contributed by atoms with Crippen molar-refractivity contribution in [3.63, 3.8) is 0 Å². The Bertz CT molecular complexity index is 224. The standard InChI is InChI=1S/C4HClN2S/c5-4-1-3(2-6)8-7-4/h1H. The maximum Gasteiger partial charge on any atom is 0.144 e. The van der Waals surface area contributed by atoms with Crippen molar-refractivity contribution in [3.05, 3.63) is 16.1 Å². The van der Waals surface area contributed by atoms with Crippen molar-refractivity contribution in [1.29, 1.82) is 5.26 Å². The van der Waals surface area contributed by atoms with Crippen molar-refractivity contribution < 1.29 is 0 Å². The SMILES string of the molecule is N#Cc1cc(Cl)ns1. The van der Waals surface area contributed by atoms with Gasteiger partial charge in [-0.1, -0.05) is 11.6 Å². The molecule has 1 aromatic heterocycles. The van der Waals surface area contributed by atoms with Gasteiger partial charge in [0.1, 0.15) is 16.1 Å². The van der Waals surface area contributed by atoms with Crippen molar-refractivity contribution in [2.45, 2.75) is 0 Å². The average Bonchev–Trinajstić information content (AvgIpc) is 2.14. The lowest BCUT2D eigenvalue weighted by Crippen LogP contribution is -1.52. The summed E-state index contributed by atoms with van der Waals surface area (Å²) in [7, 11) is 0. The van der Waals surface area contributed by atoms with Gasteiger partial charge in [0.05, 0.1) is 0 Å². The molecule has 0 aromatic carbocycles. The minimum absolute atomic E-state index is 0.395. The van der Waals surface area contributed by atoms with Gasteiger partial charge in [-0.25, -0.2) is 0 Å². The van der Waals surface area contributed by atoms with Crippen molar-refractivity contribution in [2.75, 3.05) is 0 Å². The molecule has 0 unspecified atom stereocenters.